The molecule has 1 atom stereocenters. The molecule has 1 aromatic carbocycles. The summed E-state index contributed by atoms with van der Waals surface area (Å²) in [6, 6.07) is 5.54. The van der Waals surface area contributed by atoms with E-state index in [1.54, 1.807) is 6.07 Å². The van der Waals surface area contributed by atoms with Crippen molar-refractivity contribution in [3.8, 4) is 0 Å². The number of rotatable bonds is 2. The van der Waals surface area contributed by atoms with Crippen LogP contribution in [0.5, 0.6) is 0 Å². The predicted octanol–water partition coefficient (Wildman–Crippen LogP) is 3.08. The maximum Gasteiger partial charge on any atom is 0.0886 e. The highest BCUT2D eigenvalue weighted by Crippen LogP contribution is 2.21. The summed E-state index contributed by atoms with van der Waals surface area (Å²) in [5.74, 6) is 0. The minimum Gasteiger partial charge on any atom is -0.388 e. The van der Waals surface area contributed by atoms with Crippen LogP contribution in [0.15, 0.2) is 18.2 Å². The summed E-state index contributed by atoms with van der Waals surface area (Å²) < 4.78 is 0. The Morgan fingerprint density at radius 2 is 2.25 bits per heavy atom. The molecule has 0 fully saturated rings. The lowest BCUT2D eigenvalue weighted by atomic mass is 10.1. The first kappa shape index (κ1) is 10.0. The molecule has 1 unspecified atom stereocenters. The zero-order valence-corrected chi connectivity index (χ0v) is 9.06. The Labute approximate surface area is 85.5 Å². The minimum absolute atomic E-state index is 0.444. The first-order valence-electron chi connectivity index (χ1n) is 3.65. The molecule has 1 rings (SSSR count). The van der Waals surface area contributed by atoms with Crippen molar-refractivity contribution in [1.29, 1.82) is 0 Å². The van der Waals surface area contributed by atoms with Crippen molar-refractivity contribution in [2.45, 2.75) is 13.0 Å². The fraction of sp³-hybridized carbons (Fsp3) is 0.333. The Bertz CT molecular complexity index is 275. The molecule has 0 aromatic heterocycles. The van der Waals surface area contributed by atoms with Crippen LogP contribution in [0.3, 0.4) is 0 Å². The Morgan fingerprint density at radius 1 is 1.58 bits per heavy atom. The number of hydrogen-bond donors (Lipinski definition) is 1. The Balaban J connectivity index is 2.96. The minimum atomic E-state index is -0.444. The van der Waals surface area contributed by atoms with E-state index in [0.717, 1.165) is 16.1 Å². The lowest BCUT2D eigenvalue weighted by molar-refractivity contribution is 0.205. The molecule has 0 amide bonds. The molecule has 0 bridgehead atoms. The molecular formula is C9H10BrClO. The molecule has 0 aliphatic carbocycles. The topological polar surface area (TPSA) is 20.2 Å². The highest BCUT2D eigenvalue weighted by atomic mass is 79.9. The molecule has 1 N–H and O–H groups in total. The van der Waals surface area contributed by atoms with Crippen LogP contribution >= 0.6 is 27.5 Å². The van der Waals surface area contributed by atoms with Gasteiger partial charge in [0.15, 0.2) is 0 Å². The molecular weight excluding hydrogens is 239 g/mol. The summed E-state index contributed by atoms with van der Waals surface area (Å²) in [4.78, 5) is 0. The summed E-state index contributed by atoms with van der Waals surface area (Å²) in [6.45, 7) is 1.92. The molecule has 1 nitrogen and oxygen atoms in total. The second-order valence-corrected chi connectivity index (χ2v) is 3.73. The zero-order valence-electron chi connectivity index (χ0n) is 6.72. The quantitative estimate of drug-likeness (QED) is 0.799. The SMILES string of the molecule is Cc1cc(C(O)CBr)ccc1Cl. The highest BCUT2D eigenvalue weighted by Gasteiger charge is 2.05. The smallest absolute Gasteiger partial charge is 0.0886 e. The highest BCUT2D eigenvalue weighted by molar-refractivity contribution is 9.09. The fourth-order valence-corrected chi connectivity index (χ4v) is 1.46. The van der Waals surface area contributed by atoms with Crippen molar-refractivity contribution in [2.24, 2.45) is 0 Å². The number of hydrogen-bond acceptors (Lipinski definition) is 1. The van der Waals surface area contributed by atoms with E-state index in [0.29, 0.717) is 5.33 Å². The van der Waals surface area contributed by atoms with E-state index in [9.17, 15) is 5.11 Å². The van der Waals surface area contributed by atoms with Gasteiger partial charge in [0, 0.05) is 10.4 Å². The summed E-state index contributed by atoms with van der Waals surface area (Å²) in [6.07, 6.45) is -0.444. The van der Waals surface area contributed by atoms with Crippen molar-refractivity contribution in [3.63, 3.8) is 0 Å². The van der Waals surface area contributed by atoms with Crippen LogP contribution < -0.4 is 0 Å². The van der Waals surface area contributed by atoms with Crippen molar-refractivity contribution >= 4 is 27.5 Å². The first-order valence-corrected chi connectivity index (χ1v) is 5.15. The number of aryl methyl sites for hydroxylation is 1. The van der Waals surface area contributed by atoms with E-state index >= 15 is 0 Å². The van der Waals surface area contributed by atoms with Gasteiger partial charge in [-0.3, -0.25) is 0 Å². The summed E-state index contributed by atoms with van der Waals surface area (Å²) >= 11 is 9.05. The first-order chi connectivity index (χ1) is 5.65. The number of halogens is 2. The fourth-order valence-electron chi connectivity index (χ4n) is 0.964. The van der Waals surface area contributed by atoms with Crippen LogP contribution in [0.1, 0.15) is 17.2 Å². The van der Waals surface area contributed by atoms with E-state index in [4.69, 9.17) is 11.6 Å². The number of aliphatic hydroxyl groups excluding tert-OH is 1. The number of alkyl halides is 1. The maximum absolute atomic E-state index is 9.45. The molecule has 0 radical (unpaired) electrons. The van der Waals surface area contributed by atoms with Crippen molar-refractivity contribution in [3.05, 3.63) is 34.3 Å². The van der Waals surface area contributed by atoms with E-state index in [-0.39, 0.29) is 0 Å². The van der Waals surface area contributed by atoms with Crippen LogP contribution in [-0.4, -0.2) is 10.4 Å². The molecule has 0 aliphatic rings. The van der Waals surface area contributed by atoms with Gasteiger partial charge in [0.25, 0.3) is 0 Å². The largest absolute Gasteiger partial charge is 0.388 e. The van der Waals surface area contributed by atoms with Gasteiger partial charge in [0.1, 0.15) is 0 Å². The van der Waals surface area contributed by atoms with E-state index < -0.39 is 6.10 Å². The third-order valence-corrected chi connectivity index (χ3v) is 2.75. The maximum atomic E-state index is 9.45. The summed E-state index contributed by atoms with van der Waals surface area (Å²) in [5, 5.41) is 10.7. The van der Waals surface area contributed by atoms with Crippen LogP contribution in [0.2, 0.25) is 5.02 Å². The normalized spacial score (nSPS) is 13.0. The molecule has 0 heterocycles. The lowest BCUT2D eigenvalue weighted by Gasteiger charge is -2.08. The molecule has 0 saturated heterocycles. The van der Waals surface area contributed by atoms with Crippen LogP contribution in [0.4, 0.5) is 0 Å². The van der Waals surface area contributed by atoms with Gasteiger partial charge in [0.2, 0.25) is 0 Å². The predicted molar refractivity (Wildman–Crippen MR) is 54.9 cm³/mol. The van der Waals surface area contributed by atoms with Gasteiger partial charge in [-0.05, 0) is 24.1 Å². The zero-order chi connectivity index (χ0) is 9.14. The van der Waals surface area contributed by atoms with E-state index in [2.05, 4.69) is 15.9 Å². The van der Waals surface area contributed by atoms with Crippen molar-refractivity contribution in [1.82, 2.24) is 0 Å². The second kappa shape index (κ2) is 4.26. The van der Waals surface area contributed by atoms with Gasteiger partial charge in [-0.1, -0.05) is 39.7 Å². The Morgan fingerprint density at radius 3 is 2.75 bits per heavy atom. The number of aliphatic hydroxyl groups is 1. The van der Waals surface area contributed by atoms with Gasteiger partial charge >= 0.3 is 0 Å². The molecule has 0 aliphatic heterocycles. The van der Waals surface area contributed by atoms with Crippen LogP contribution in [0.25, 0.3) is 0 Å². The van der Waals surface area contributed by atoms with Gasteiger partial charge in [-0.2, -0.15) is 0 Å². The average molecular weight is 250 g/mol. The molecule has 0 saturated carbocycles. The van der Waals surface area contributed by atoms with Gasteiger partial charge < -0.3 is 5.11 Å². The summed E-state index contributed by atoms with van der Waals surface area (Å²) in [7, 11) is 0. The number of benzene rings is 1. The van der Waals surface area contributed by atoms with Crippen molar-refractivity contribution < 1.29 is 5.11 Å². The summed E-state index contributed by atoms with van der Waals surface area (Å²) in [5.41, 5.74) is 1.89. The third-order valence-electron chi connectivity index (χ3n) is 1.71. The Kier molecular flexibility index (Phi) is 3.56. The van der Waals surface area contributed by atoms with Crippen LogP contribution in [-0.2, 0) is 0 Å². The van der Waals surface area contributed by atoms with Gasteiger partial charge in [-0.15, -0.1) is 0 Å². The van der Waals surface area contributed by atoms with Crippen LogP contribution in [0, 0.1) is 6.92 Å². The monoisotopic (exact) mass is 248 g/mol. The molecule has 66 valence electrons. The molecule has 3 heteroatoms. The van der Waals surface area contributed by atoms with Gasteiger partial charge in [-0.25, -0.2) is 0 Å². The molecule has 12 heavy (non-hydrogen) atoms. The van der Waals surface area contributed by atoms with E-state index in [1.807, 2.05) is 19.1 Å². The van der Waals surface area contributed by atoms with Crippen molar-refractivity contribution in [2.75, 3.05) is 5.33 Å². The van der Waals surface area contributed by atoms with Gasteiger partial charge in [0.05, 0.1) is 6.10 Å². The molecule has 1 aromatic rings. The lowest BCUT2D eigenvalue weighted by Crippen LogP contribution is -1.98. The molecule has 0 spiro atoms. The van der Waals surface area contributed by atoms with E-state index in [1.165, 1.54) is 0 Å². The average Bonchev–Trinajstić information content (AvgIpc) is 2.08. The second-order valence-electron chi connectivity index (χ2n) is 2.68. The third kappa shape index (κ3) is 2.22. The Hall–Kier alpha value is -0.0500. The standard InChI is InChI=1S/C9H10BrClO/c1-6-4-7(9(12)5-10)2-3-8(6)11/h2-4,9,12H,5H2,1H3.